The van der Waals surface area contributed by atoms with Crippen LogP contribution in [-0.4, -0.2) is 17.0 Å². The average Bonchev–Trinajstić information content (AvgIpc) is 1.85. The minimum Gasteiger partial charge on any atom is -0.329 e. The summed E-state index contributed by atoms with van der Waals surface area (Å²) in [7, 11) is 0. The van der Waals surface area contributed by atoms with Gasteiger partial charge in [0.1, 0.15) is 0 Å². The second kappa shape index (κ2) is 3.88. The van der Waals surface area contributed by atoms with E-state index in [1.54, 1.807) is 0 Å². The van der Waals surface area contributed by atoms with Crippen LogP contribution in [0.2, 0.25) is 0 Å². The Morgan fingerprint density at radius 2 is 2.10 bits per heavy atom. The van der Waals surface area contributed by atoms with E-state index >= 15 is 0 Å². The van der Waals surface area contributed by atoms with Crippen molar-refractivity contribution < 1.29 is 0 Å². The van der Waals surface area contributed by atoms with Crippen LogP contribution in [0.4, 0.5) is 0 Å². The van der Waals surface area contributed by atoms with Gasteiger partial charge in [-0.2, -0.15) is 0 Å². The minimum atomic E-state index is 0.263. The molecule has 0 bridgehead atoms. The van der Waals surface area contributed by atoms with Crippen LogP contribution in [0.3, 0.4) is 0 Å². The zero-order chi connectivity index (χ0) is 7.56. The van der Waals surface area contributed by atoms with E-state index in [4.69, 9.17) is 11.5 Å². The van der Waals surface area contributed by atoms with Crippen molar-refractivity contribution in [2.45, 2.75) is 18.9 Å². The van der Waals surface area contributed by atoms with Crippen LogP contribution in [0.5, 0.6) is 0 Å². The molecular formula is C7H15IN2. The third-order valence-corrected chi connectivity index (χ3v) is 3.61. The molecule has 3 heteroatoms. The predicted octanol–water partition coefficient (Wildman–Crippen LogP) is 0.734. The van der Waals surface area contributed by atoms with E-state index in [1.165, 1.54) is 17.3 Å². The van der Waals surface area contributed by atoms with Gasteiger partial charge in [-0.3, -0.25) is 0 Å². The second-order valence-corrected chi connectivity index (χ2v) is 4.03. The summed E-state index contributed by atoms with van der Waals surface area (Å²) >= 11 is 2.44. The van der Waals surface area contributed by atoms with Crippen LogP contribution in [0.25, 0.3) is 0 Å². The summed E-state index contributed by atoms with van der Waals surface area (Å²) in [4.78, 5) is 0. The number of rotatable bonds is 3. The number of halogens is 1. The molecule has 1 aliphatic rings. The van der Waals surface area contributed by atoms with Crippen LogP contribution < -0.4 is 11.5 Å². The Morgan fingerprint density at radius 1 is 1.50 bits per heavy atom. The quantitative estimate of drug-likeness (QED) is 0.576. The summed E-state index contributed by atoms with van der Waals surface area (Å²) in [6, 6.07) is 0.263. The molecule has 0 aliphatic heterocycles. The topological polar surface area (TPSA) is 52.0 Å². The van der Waals surface area contributed by atoms with Crippen LogP contribution >= 0.6 is 22.6 Å². The summed E-state index contributed by atoms with van der Waals surface area (Å²) in [6.07, 6.45) is 2.61. The SMILES string of the molecule is NC[C@@H](N)C1CC(CI)C1. The van der Waals surface area contributed by atoms with Gasteiger partial charge < -0.3 is 11.5 Å². The number of nitrogens with two attached hydrogens (primary N) is 2. The highest BCUT2D eigenvalue weighted by Crippen LogP contribution is 2.36. The van der Waals surface area contributed by atoms with Gasteiger partial charge in [-0.15, -0.1) is 0 Å². The zero-order valence-electron chi connectivity index (χ0n) is 6.09. The van der Waals surface area contributed by atoms with E-state index in [-0.39, 0.29) is 6.04 Å². The fourth-order valence-electron chi connectivity index (χ4n) is 1.46. The molecule has 1 fully saturated rings. The highest BCUT2D eigenvalue weighted by molar-refractivity contribution is 14.1. The fraction of sp³-hybridized carbons (Fsp3) is 1.00. The third kappa shape index (κ3) is 1.83. The molecule has 2 nitrogen and oxygen atoms in total. The molecule has 0 saturated heterocycles. The average molecular weight is 254 g/mol. The first kappa shape index (κ1) is 8.74. The first-order valence-corrected chi connectivity index (χ1v) is 5.32. The minimum absolute atomic E-state index is 0.263. The van der Waals surface area contributed by atoms with Crippen molar-refractivity contribution >= 4 is 22.6 Å². The van der Waals surface area contributed by atoms with Gasteiger partial charge in [0.15, 0.2) is 0 Å². The van der Waals surface area contributed by atoms with Crippen molar-refractivity contribution in [3.05, 3.63) is 0 Å². The van der Waals surface area contributed by atoms with Crippen molar-refractivity contribution in [3.8, 4) is 0 Å². The van der Waals surface area contributed by atoms with Gasteiger partial charge in [0.2, 0.25) is 0 Å². The molecule has 0 aromatic heterocycles. The van der Waals surface area contributed by atoms with Crippen molar-refractivity contribution in [3.63, 3.8) is 0 Å². The van der Waals surface area contributed by atoms with E-state index < -0.39 is 0 Å². The number of hydrogen-bond donors (Lipinski definition) is 2. The van der Waals surface area contributed by atoms with Crippen LogP contribution in [0.1, 0.15) is 12.8 Å². The van der Waals surface area contributed by atoms with Gasteiger partial charge in [-0.1, -0.05) is 22.6 Å². The van der Waals surface area contributed by atoms with E-state index in [2.05, 4.69) is 22.6 Å². The fourth-order valence-corrected chi connectivity index (χ4v) is 2.17. The summed E-state index contributed by atoms with van der Waals surface area (Å²) in [6.45, 7) is 0.651. The maximum atomic E-state index is 5.77. The molecule has 1 rings (SSSR count). The Hall–Kier alpha value is 0.650. The predicted molar refractivity (Wildman–Crippen MR) is 52.1 cm³/mol. The maximum Gasteiger partial charge on any atom is 0.0191 e. The van der Waals surface area contributed by atoms with Crippen molar-refractivity contribution in [1.29, 1.82) is 0 Å². The maximum absolute atomic E-state index is 5.77. The lowest BCUT2D eigenvalue weighted by atomic mass is 9.72. The molecule has 60 valence electrons. The van der Waals surface area contributed by atoms with E-state index in [0.717, 1.165) is 11.8 Å². The number of alkyl halides is 1. The van der Waals surface area contributed by atoms with Crippen molar-refractivity contribution in [1.82, 2.24) is 0 Å². The Morgan fingerprint density at radius 3 is 2.50 bits per heavy atom. The van der Waals surface area contributed by atoms with Crippen molar-refractivity contribution in [2.24, 2.45) is 23.3 Å². The highest BCUT2D eigenvalue weighted by Gasteiger charge is 2.31. The molecule has 0 heterocycles. The first-order chi connectivity index (χ1) is 4.77. The van der Waals surface area contributed by atoms with E-state index in [1.807, 2.05) is 0 Å². The summed E-state index contributed by atoms with van der Waals surface area (Å²) in [5.41, 5.74) is 11.2. The molecule has 4 N–H and O–H groups in total. The highest BCUT2D eigenvalue weighted by atomic mass is 127. The third-order valence-electron chi connectivity index (χ3n) is 2.37. The lowest BCUT2D eigenvalue weighted by Crippen LogP contribution is -2.44. The normalized spacial score (nSPS) is 35.1. The Balaban J connectivity index is 2.13. The summed E-state index contributed by atoms with van der Waals surface area (Å²) in [5.74, 6) is 1.66. The molecule has 1 atom stereocenters. The lowest BCUT2D eigenvalue weighted by molar-refractivity contribution is 0.186. The monoisotopic (exact) mass is 254 g/mol. The molecule has 0 spiro atoms. The Kier molecular flexibility index (Phi) is 3.39. The van der Waals surface area contributed by atoms with Crippen LogP contribution in [0.15, 0.2) is 0 Å². The second-order valence-electron chi connectivity index (χ2n) is 3.15. The molecule has 0 aromatic rings. The molecule has 10 heavy (non-hydrogen) atoms. The molecule has 1 saturated carbocycles. The van der Waals surface area contributed by atoms with Gasteiger partial charge in [-0.05, 0) is 24.7 Å². The molecule has 1 aliphatic carbocycles. The molecular weight excluding hydrogens is 239 g/mol. The van der Waals surface area contributed by atoms with Gasteiger partial charge in [0.05, 0.1) is 0 Å². The lowest BCUT2D eigenvalue weighted by Gasteiger charge is -2.37. The van der Waals surface area contributed by atoms with E-state index in [9.17, 15) is 0 Å². The molecule has 0 unspecified atom stereocenters. The summed E-state index contributed by atoms with van der Waals surface area (Å²) < 4.78 is 1.28. The first-order valence-electron chi connectivity index (χ1n) is 3.79. The Labute approximate surface area is 75.9 Å². The van der Waals surface area contributed by atoms with Crippen molar-refractivity contribution in [2.75, 3.05) is 11.0 Å². The Bertz CT molecular complexity index is 102. The van der Waals surface area contributed by atoms with Gasteiger partial charge >= 0.3 is 0 Å². The van der Waals surface area contributed by atoms with Crippen LogP contribution in [0, 0.1) is 11.8 Å². The smallest absolute Gasteiger partial charge is 0.0191 e. The number of hydrogen-bond acceptors (Lipinski definition) is 2. The van der Waals surface area contributed by atoms with Crippen LogP contribution in [-0.2, 0) is 0 Å². The zero-order valence-corrected chi connectivity index (χ0v) is 8.25. The molecule has 0 aromatic carbocycles. The van der Waals surface area contributed by atoms with Gasteiger partial charge in [0.25, 0.3) is 0 Å². The van der Waals surface area contributed by atoms with E-state index in [0.29, 0.717) is 6.54 Å². The van der Waals surface area contributed by atoms with Gasteiger partial charge in [-0.25, -0.2) is 0 Å². The molecule has 0 amide bonds. The largest absolute Gasteiger partial charge is 0.329 e. The molecule has 0 radical (unpaired) electrons. The van der Waals surface area contributed by atoms with Gasteiger partial charge in [0, 0.05) is 17.0 Å². The summed E-state index contributed by atoms with van der Waals surface area (Å²) in [5, 5.41) is 0. The standard InChI is InChI=1S/C7H15IN2/c8-3-5-1-6(2-5)7(10)4-9/h5-7H,1-4,9-10H2/t5?,6?,7-/m1/s1.